The lowest BCUT2D eigenvalue weighted by Gasteiger charge is -2.21. The standard InChI is InChI=1S/C14H18ClNO3/c1-2-16(12-9-7-11(15)8-10-12)13(17)5-3-4-6-14(18)19/h7-10H,2-6H2,1H3,(H,18,19). The Morgan fingerprint density at radius 3 is 2.26 bits per heavy atom. The summed E-state index contributed by atoms with van der Waals surface area (Å²) in [6.45, 7) is 2.49. The third kappa shape index (κ3) is 5.30. The van der Waals surface area contributed by atoms with Crippen molar-refractivity contribution in [3.63, 3.8) is 0 Å². The van der Waals surface area contributed by atoms with Gasteiger partial charge in [-0.1, -0.05) is 11.6 Å². The molecule has 5 heteroatoms. The highest BCUT2D eigenvalue weighted by atomic mass is 35.5. The molecule has 0 atom stereocenters. The number of carbonyl (C=O) groups excluding carboxylic acids is 1. The summed E-state index contributed by atoms with van der Waals surface area (Å²) < 4.78 is 0. The van der Waals surface area contributed by atoms with E-state index in [9.17, 15) is 9.59 Å². The van der Waals surface area contributed by atoms with Crippen LogP contribution in [0.3, 0.4) is 0 Å². The molecule has 0 aliphatic carbocycles. The van der Waals surface area contributed by atoms with Crippen LogP contribution in [0.25, 0.3) is 0 Å². The van der Waals surface area contributed by atoms with Crippen LogP contribution in [0.1, 0.15) is 32.6 Å². The maximum absolute atomic E-state index is 12.0. The summed E-state index contributed by atoms with van der Waals surface area (Å²) in [5.74, 6) is -0.812. The monoisotopic (exact) mass is 283 g/mol. The number of benzene rings is 1. The van der Waals surface area contributed by atoms with E-state index in [0.29, 0.717) is 30.8 Å². The maximum Gasteiger partial charge on any atom is 0.303 e. The van der Waals surface area contributed by atoms with Crippen molar-refractivity contribution in [1.29, 1.82) is 0 Å². The van der Waals surface area contributed by atoms with Gasteiger partial charge in [-0.15, -0.1) is 0 Å². The number of amides is 1. The average Bonchev–Trinajstić information content (AvgIpc) is 2.37. The highest BCUT2D eigenvalue weighted by Crippen LogP contribution is 2.19. The van der Waals surface area contributed by atoms with Crippen molar-refractivity contribution in [1.82, 2.24) is 0 Å². The van der Waals surface area contributed by atoms with Gasteiger partial charge in [0.15, 0.2) is 0 Å². The first-order chi connectivity index (χ1) is 9.04. The molecule has 0 unspecified atom stereocenters. The minimum atomic E-state index is -0.822. The number of halogens is 1. The zero-order valence-corrected chi connectivity index (χ0v) is 11.7. The smallest absolute Gasteiger partial charge is 0.303 e. The van der Waals surface area contributed by atoms with Crippen LogP contribution in [0.5, 0.6) is 0 Å². The van der Waals surface area contributed by atoms with Crippen LogP contribution >= 0.6 is 11.6 Å². The quantitative estimate of drug-likeness (QED) is 0.781. The van der Waals surface area contributed by atoms with Crippen LogP contribution in [-0.4, -0.2) is 23.5 Å². The molecule has 0 bridgehead atoms. The highest BCUT2D eigenvalue weighted by molar-refractivity contribution is 6.30. The molecule has 4 nitrogen and oxygen atoms in total. The maximum atomic E-state index is 12.0. The lowest BCUT2D eigenvalue weighted by molar-refractivity contribution is -0.137. The Morgan fingerprint density at radius 1 is 1.16 bits per heavy atom. The van der Waals surface area contributed by atoms with E-state index >= 15 is 0 Å². The first-order valence-electron chi connectivity index (χ1n) is 6.32. The molecule has 0 aliphatic rings. The van der Waals surface area contributed by atoms with Gasteiger partial charge in [-0.05, 0) is 44.0 Å². The second-order valence-corrected chi connectivity index (χ2v) is 4.65. The predicted octanol–water partition coefficient (Wildman–Crippen LogP) is 3.34. The summed E-state index contributed by atoms with van der Waals surface area (Å²) in [6.07, 6.45) is 1.60. The molecule has 19 heavy (non-hydrogen) atoms. The molecular weight excluding hydrogens is 266 g/mol. The van der Waals surface area contributed by atoms with E-state index in [1.165, 1.54) is 0 Å². The van der Waals surface area contributed by atoms with Gasteiger partial charge in [0.25, 0.3) is 0 Å². The molecule has 0 radical (unpaired) electrons. The molecule has 1 amide bonds. The Kier molecular flexibility index (Phi) is 6.36. The van der Waals surface area contributed by atoms with E-state index in [-0.39, 0.29) is 12.3 Å². The number of carboxylic acid groups (broad SMARTS) is 1. The van der Waals surface area contributed by atoms with Crippen molar-refractivity contribution in [2.75, 3.05) is 11.4 Å². The van der Waals surface area contributed by atoms with Crippen molar-refractivity contribution in [2.45, 2.75) is 32.6 Å². The molecule has 0 spiro atoms. The fourth-order valence-electron chi connectivity index (χ4n) is 1.81. The summed E-state index contributed by atoms with van der Waals surface area (Å²) in [6, 6.07) is 7.11. The number of carbonyl (C=O) groups is 2. The Bertz CT molecular complexity index is 431. The zero-order valence-electron chi connectivity index (χ0n) is 10.9. The van der Waals surface area contributed by atoms with Crippen molar-refractivity contribution in [3.8, 4) is 0 Å². The van der Waals surface area contributed by atoms with Crippen LogP contribution in [-0.2, 0) is 9.59 Å². The third-order valence-electron chi connectivity index (χ3n) is 2.79. The number of hydrogen-bond acceptors (Lipinski definition) is 2. The molecule has 0 saturated carbocycles. The zero-order chi connectivity index (χ0) is 14.3. The van der Waals surface area contributed by atoms with Crippen LogP contribution < -0.4 is 4.90 Å². The number of rotatable bonds is 7. The number of unbranched alkanes of at least 4 members (excludes halogenated alkanes) is 1. The first kappa shape index (κ1) is 15.5. The number of carboxylic acids is 1. The Balaban J connectivity index is 2.52. The Hall–Kier alpha value is -1.55. The van der Waals surface area contributed by atoms with Gasteiger partial charge in [-0.3, -0.25) is 9.59 Å². The summed E-state index contributed by atoms with van der Waals surface area (Å²) in [7, 11) is 0. The van der Waals surface area contributed by atoms with Gasteiger partial charge in [0.2, 0.25) is 5.91 Å². The fraction of sp³-hybridized carbons (Fsp3) is 0.429. The third-order valence-corrected chi connectivity index (χ3v) is 3.04. The van der Waals surface area contributed by atoms with Gasteiger partial charge in [-0.25, -0.2) is 0 Å². The van der Waals surface area contributed by atoms with E-state index in [2.05, 4.69) is 0 Å². The molecule has 1 aromatic carbocycles. The highest BCUT2D eigenvalue weighted by Gasteiger charge is 2.13. The van der Waals surface area contributed by atoms with Crippen molar-refractivity contribution in [3.05, 3.63) is 29.3 Å². The summed E-state index contributed by atoms with van der Waals surface area (Å²) in [5, 5.41) is 9.16. The molecule has 0 aliphatic heterocycles. The second-order valence-electron chi connectivity index (χ2n) is 4.22. The molecule has 0 saturated heterocycles. The number of hydrogen-bond donors (Lipinski definition) is 1. The van der Waals surface area contributed by atoms with E-state index < -0.39 is 5.97 Å². The van der Waals surface area contributed by atoms with Gasteiger partial charge >= 0.3 is 5.97 Å². The number of anilines is 1. The normalized spacial score (nSPS) is 10.2. The van der Waals surface area contributed by atoms with E-state index in [4.69, 9.17) is 16.7 Å². The minimum Gasteiger partial charge on any atom is -0.481 e. The Morgan fingerprint density at radius 2 is 1.74 bits per heavy atom. The van der Waals surface area contributed by atoms with Gasteiger partial charge in [-0.2, -0.15) is 0 Å². The van der Waals surface area contributed by atoms with Gasteiger partial charge < -0.3 is 10.0 Å². The number of aliphatic carboxylic acids is 1. The SMILES string of the molecule is CCN(C(=O)CCCCC(=O)O)c1ccc(Cl)cc1. The van der Waals surface area contributed by atoms with E-state index in [0.717, 1.165) is 5.69 Å². The summed E-state index contributed by atoms with van der Waals surface area (Å²) in [4.78, 5) is 24.1. The molecule has 1 aromatic rings. The summed E-state index contributed by atoms with van der Waals surface area (Å²) >= 11 is 5.81. The Labute approximate surface area is 118 Å². The molecule has 1 N–H and O–H groups in total. The first-order valence-corrected chi connectivity index (χ1v) is 6.70. The van der Waals surface area contributed by atoms with Crippen molar-refractivity contribution >= 4 is 29.2 Å². The van der Waals surface area contributed by atoms with E-state index in [1.807, 2.05) is 6.92 Å². The fourth-order valence-corrected chi connectivity index (χ4v) is 1.94. The van der Waals surface area contributed by atoms with Gasteiger partial charge in [0.1, 0.15) is 0 Å². The average molecular weight is 284 g/mol. The van der Waals surface area contributed by atoms with Crippen LogP contribution in [0, 0.1) is 0 Å². The van der Waals surface area contributed by atoms with Crippen LogP contribution in [0.15, 0.2) is 24.3 Å². The molecule has 104 valence electrons. The lowest BCUT2D eigenvalue weighted by Crippen LogP contribution is -2.30. The summed E-state index contributed by atoms with van der Waals surface area (Å²) in [5.41, 5.74) is 0.815. The topological polar surface area (TPSA) is 57.6 Å². The van der Waals surface area contributed by atoms with Gasteiger partial charge in [0.05, 0.1) is 0 Å². The molecule has 0 fully saturated rings. The largest absolute Gasteiger partial charge is 0.481 e. The lowest BCUT2D eigenvalue weighted by atomic mass is 10.1. The second kappa shape index (κ2) is 7.79. The number of nitrogens with zero attached hydrogens (tertiary/aromatic N) is 1. The minimum absolute atomic E-state index is 0.00945. The predicted molar refractivity (Wildman–Crippen MR) is 75.6 cm³/mol. The molecule has 1 rings (SSSR count). The van der Waals surface area contributed by atoms with Gasteiger partial charge in [0, 0.05) is 30.1 Å². The van der Waals surface area contributed by atoms with Crippen LogP contribution in [0.2, 0.25) is 5.02 Å². The molecular formula is C14H18ClNO3. The molecule has 0 aromatic heterocycles. The van der Waals surface area contributed by atoms with Crippen molar-refractivity contribution < 1.29 is 14.7 Å². The van der Waals surface area contributed by atoms with Crippen molar-refractivity contribution in [2.24, 2.45) is 0 Å². The van der Waals surface area contributed by atoms with E-state index in [1.54, 1.807) is 29.2 Å². The molecule has 0 heterocycles. The van der Waals surface area contributed by atoms with Crippen LogP contribution in [0.4, 0.5) is 5.69 Å².